The first-order chi connectivity index (χ1) is 13.7. The molecule has 2 aromatic rings. The predicted octanol–water partition coefficient (Wildman–Crippen LogP) is 4.50. The van der Waals surface area contributed by atoms with Gasteiger partial charge in [-0.05, 0) is 62.0 Å². The molecule has 1 amide bonds. The van der Waals surface area contributed by atoms with Crippen molar-refractivity contribution in [1.29, 1.82) is 0 Å². The van der Waals surface area contributed by atoms with Crippen LogP contribution >= 0.6 is 11.3 Å². The number of unbranched alkanes of at least 4 members (excludes halogenated alkanes) is 1. The van der Waals surface area contributed by atoms with Gasteiger partial charge in [-0.3, -0.25) is 9.69 Å². The molecule has 3 rings (SSSR count). The molecule has 1 aromatic carbocycles. The van der Waals surface area contributed by atoms with Crippen LogP contribution in [0.1, 0.15) is 53.9 Å². The molecule has 1 unspecified atom stereocenters. The molecule has 1 atom stereocenters. The van der Waals surface area contributed by atoms with Crippen molar-refractivity contribution < 1.29 is 14.3 Å². The Morgan fingerprint density at radius 2 is 2.07 bits per heavy atom. The fourth-order valence-electron chi connectivity index (χ4n) is 3.49. The number of rotatable bonds is 10. The second kappa shape index (κ2) is 10.5. The van der Waals surface area contributed by atoms with Crippen LogP contribution in [0, 0.1) is 0 Å². The van der Waals surface area contributed by atoms with Gasteiger partial charge in [0.2, 0.25) is 0 Å². The lowest BCUT2D eigenvalue weighted by Crippen LogP contribution is -2.36. The van der Waals surface area contributed by atoms with E-state index in [0.29, 0.717) is 30.2 Å². The van der Waals surface area contributed by atoms with Gasteiger partial charge in [-0.2, -0.15) is 0 Å². The molecule has 2 heterocycles. The highest BCUT2D eigenvalue weighted by Crippen LogP contribution is 2.30. The van der Waals surface area contributed by atoms with Crippen molar-refractivity contribution in [1.82, 2.24) is 10.2 Å². The largest absolute Gasteiger partial charge is 0.493 e. The maximum Gasteiger partial charge on any atom is 0.251 e. The average molecular weight is 403 g/mol. The quantitative estimate of drug-likeness (QED) is 0.595. The van der Waals surface area contributed by atoms with Crippen LogP contribution < -0.4 is 14.8 Å². The number of nitrogens with zero attached hydrogens (tertiary/aromatic N) is 1. The van der Waals surface area contributed by atoms with E-state index in [0.717, 1.165) is 25.9 Å². The molecule has 1 aromatic heterocycles. The molecule has 1 aliphatic heterocycles. The fraction of sp³-hybridized carbons (Fsp3) is 0.500. The number of hydrogen-bond donors (Lipinski definition) is 1. The van der Waals surface area contributed by atoms with E-state index in [1.165, 1.54) is 17.7 Å². The van der Waals surface area contributed by atoms with E-state index in [-0.39, 0.29) is 11.9 Å². The number of likely N-dealkylation sites (tertiary alicyclic amines) is 1. The van der Waals surface area contributed by atoms with Crippen LogP contribution in [0.4, 0.5) is 0 Å². The summed E-state index contributed by atoms with van der Waals surface area (Å²) in [6.07, 6.45) is 4.52. The number of carbonyl (C=O) groups excluding carboxylic acids is 1. The van der Waals surface area contributed by atoms with E-state index in [1.807, 2.05) is 6.07 Å². The average Bonchev–Trinajstić information content (AvgIpc) is 3.43. The summed E-state index contributed by atoms with van der Waals surface area (Å²) >= 11 is 1.75. The third-order valence-electron chi connectivity index (χ3n) is 5.09. The summed E-state index contributed by atoms with van der Waals surface area (Å²) in [7, 11) is 1.60. The van der Waals surface area contributed by atoms with Crippen LogP contribution in [0.2, 0.25) is 0 Å². The molecule has 0 saturated carbocycles. The maximum absolute atomic E-state index is 12.8. The minimum atomic E-state index is -0.0841. The van der Waals surface area contributed by atoms with Crippen LogP contribution in [-0.4, -0.2) is 44.2 Å². The first-order valence-corrected chi connectivity index (χ1v) is 11.0. The molecule has 1 saturated heterocycles. The Hall–Kier alpha value is -2.05. The number of nitrogens with one attached hydrogen (secondary N) is 1. The van der Waals surface area contributed by atoms with Gasteiger partial charge in [-0.1, -0.05) is 19.4 Å². The number of thiophene rings is 1. The number of hydrogen-bond acceptors (Lipinski definition) is 5. The number of benzene rings is 1. The Bertz CT molecular complexity index is 742. The van der Waals surface area contributed by atoms with Gasteiger partial charge in [-0.25, -0.2) is 0 Å². The Labute approximate surface area is 171 Å². The molecule has 28 heavy (non-hydrogen) atoms. The molecule has 0 bridgehead atoms. The van der Waals surface area contributed by atoms with Crippen LogP contribution in [0.5, 0.6) is 11.5 Å². The predicted molar refractivity (Wildman–Crippen MR) is 114 cm³/mol. The lowest BCUT2D eigenvalue weighted by Gasteiger charge is -2.27. The molecule has 152 valence electrons. The number of methoxy groups -OCH3 is 1. The summed E-state index contributed by atoms with van der Waals surface area (Å²) in [4.78, 5) is 16.5. The zero-order valence-corrected chi connectivity index (χ0v) is 17.6. The van der Waals surface area contributed by atoms with E-state index in [4.69, 9.17) is 9.47 Å². The third kappa shape index (κ3) is 5.26. The first-order valence-electron chi connectivity index (χ1n) is 10.1. The molecule has 5 nitrogen and oxygen atoms in total. The third-order valence-corrected chi connectivity index (χ3v) is 6.06. The lowest BCUT2D eigenvalue weighted by molar-refractivity contribution is 0.0938. The molecule has 1 N–H and O–H groups in total. The minimum absolute atomic E-state index is 0.0841. The highest BCUT2D eigenvalue weighted by atomic mass is 32.1. The summed E-state index contributed by atoms with van der Waals surface area (Å²) in [5, 5.41) is 5.22. The normalized spacial score (nSPS) is 15.4. The molecule has 0 spiro atoms. The fourth-order valence-corrected chi connectivity index (χ4v) is 4.35. The standard InChI is InChI=1S/C22H30N2O3S/c1-3-4-13-27-19-10-9-17(15-20(19)26-2)22(25)23-16-18(21-8-7-14-28-21)24-11-5-6-12-24/h7-10,14-15,18H,3-6,11-13,16H2,1-2H3,(H,23,25). The lowest BCUT2D eigenvalue weighted by atomic mass is 10.1. The topological polar surface area (TPSA) is 50.8 Å². The second-order valence-electron chi connectivity index (χ2n) is 7.05. The van der Waals surface area contributed by atoms with E-state index < -0.39 is 0 Å². The number of ether oxygens (including phenoxy) is 2. The Balaban J connectivity index is 1.64. The van der Waals surface area contributed by atoms with Gasteiger partial charge in [0.15, 0.2) is 11.5 Å². The Morgan fingerprint density at radius 1 is 1.25 bits per heavy atom. The van der Waals surface area contributed by atoms with Crippen LogP contribution in [0.3, 0.4) is 0 Å². The highest BCUT2D eigenvalue weighted by molar-refractivity contribution is 7.10. The van der Waals surface area contributed by atoms with Crippen molar-refractivity contribution in [2.75, 3.05) is 33.4 Å². The van der Waals surface area contributed by atoms with Gasteiger partial charge >= 0.3 is 0 Å². The van der Waals surface area contributed by atoms with E-state index in [9.17, 15) is 4.79 Å². The van der Waals surface area contributed by atoms with Crippen molar-refractivity contribution in [2.24, 2.45) is 0 Å². The van der Waals surface area contributed by atoms with Crippen molar-refractivity contribution in [3.05, 3.63) is 46.2 Å². The van der Waals surface area contributed by atoms with Gasteiger partial charge < -0.3 is 14.8 Å². The van der Waals surface area contributed by atoms with Gasteiger partial charge in [0.1, 0.15) is 0 Å². The number of carbonyl (C=O) groups is 1. The van der Waals surface area contributed by atoms with Gasteiger partial charge in [0.25, 0.3) is 5.91 Å². The van der Waals surface area contributed by atoms with Crippen molar-refractivity contribution in [2.45, 2.75) is 38.6 Å². The molecule has 1 fully saturated rings. The first kappa shape index (κ1) is 20.7. The summed E-state index contributed by atoms with van der Waals surface area (Å²) in [5.74, 6) is 1.19. The molecular formula is C22H30N2O3S. The Morgan fingerprint density at radius 3 is 2.75 bits per heavy atom. The molecule has 0 radical (unpaired) electrons. The molecular weight excluding hydrogens is 372 g/mol. The second-order valence-corrected chi connectivity index (χ2v) is 8.03. The monoisotopic (exact) mass is 402 g/mol. The van der Waals surface area contributed by atoms with E-state index in [2.05, 4.69) is 34.7 Å². The van der Waals surface area contributed by atoms with Gasteiger partial charge in [0, 0.05) is 17.0 Å². The number of amides is 1. The zero-order valence-electron chi connectivity index (χ0n) is 16.8. The highest BCUT2D eigenvalue weighted by Gasteiger charge is 2.25. The summed E-state index contributed by atoms with van der Waals surface area (Å²) < 4.78 is 11.2. The van der Waals surface area contributed by atoms with Crippen LogP contribution in [-0.2, 0) is 0 Å². The summed E-state index contributed by atoms with van der Waals surface area (Å²) in [6, 6.07) is 9.85. The minimum Gasteiger partial charge on any atom is -0.493 e. The molecule has 1 aliphatic rings. The zero-order chi connectivity index (χ0) is 19.8. The summed E-state index contributed by atoms with van der Waals surface area (Å²) in [6.45, 7) is 5.57. The van der Waals surface area contributed by atoms with Gasteiger partial charge in [-0.15, -0.1) is 11.3 Å². The Kier molecular flexibility index (Phi) is 7.74. The van der Waals surface area contributed by atoms with Gasteiger partial charge in [0.05, 0.1) is 19.8 Å². The molecule has 0 aliphatic carbocycles. The molecule has 6 heteroatoms. The van der Waals surface area contributed by atoms with Crippen molar-refractivity contribution in [3.8, 4) is 11.5 Å². The SMILES string of the molecule is CCCCOc1ccc(C(=O)NCC(c2cccs2)N2CCCC2)cc1OC. The maximum atomic E-state index is 12.8. The van der Waals surface area contributed by atoms with Crippen LogP contribution in [0.15, 0.2) is 35.7 Å². The van der Waals surface area contributed by atoms with Crippen LogP contribution in [0.25, 0.3) is 0 Å². The smallest absolute Gasteiger partial charge is 0.251 e. The van der Waals surface area contributed by atoms with E-state index in [1.54, 1.807) is 30.6 Å². The van der Waals surface area contributed by atoms with Crippen molar-refractivity contribution in [3.63, 3.8) is 0 Å². The summed E-state index contributed by atoms with van der Waals surface area (Å²) in [5.41, 5.74) is 0.589. The van der Waals surface area contributed by atoms with Crippen molar-refractivity contribution >= 4 is 17.2 Å². The van der Waals surface area contributed by atoms with E-state index >= 15 is 0 Å².